The van der Waals surface area contributed by atoms with Gasteiger partial charge in [0.15, 0.2) is 5.15 Å². The monoisotopic (exact) mass is 317 g/mol. The number of anilines is 1. The highest BCUT2D eigenvalue weighted by atomic mass is 79.9. The van der Waals surface area contributed by atoms with Crippen LogP contribution in [0.3, 0.4) is 0 Å². The minimum absolute atomic E-state index is 0.0473. The van der Waals surface area contributed by atoms with Gasteiger partial charge in [-0.15, -0.1) is 0 Å². The van der Waals surface area contributed by atoms with Crippen molar-refractivity contribution >= 4 is 39.1 Å². The lowest BCUT2D eigenvalue weighted by atomic mass is 10.1. The van der Waals surface area contributed by atoms with Gasteiger partial charge in [0, 0.05) is 23.1 Å². The van der Waals surface area contributed by atoms with E-state index in [4.69, 9.17) is 17.3 Å². The lowest BCUT2D eigenvalue weighted by molar-refractivity contribution is -0.116. The maximum absolute atomic E-state index is 11.7. The molecule has 1 amide bonds. The van der Waals surface area contributed by atoms with E-state index in [9.17, 15) is 4.79 Å². The zero-order valence-electron chi connectivity index (χ0n) is 9.12. The predicted molar refractivity (Wildman–Crippen MR) is 70.9 cm³/mol. The fraction of sp³-hybridized carbons (Fsp3) is 0.455. The molecule has 0 radical (unpaired) electrons. The Bertz CT molecular complexity index is 437. The number of carbonyl (C=O) groups excluding carboxylic acids is 1. The summed E-state index contributed by atoms with van der Waals surface area (Å²) in [5.74, 6) is 0.392. The minimum atomic E-state index is -0.119. The Kier molecular flexibility index (Phi) is 4.01. The van der Waals surface area contributed by atoms with Crippen molar-refractivity contribution < 1.29 is 4.79 Å². The highest BCUT2D eigenvalue weighted by molar-refractivity contribution is 9.10. The molecule has 1 fully saturated rings. The maximum atomic E-state index is 11.7. The van der Waals surface area contributed by atoms with Crippen molar-refractivity contribution in [1.29, 1.82) is 0 Å². The van der Waals surface area contributed by atoms with Crippen molar-refractivity contribution in [2.24, 2.45) is 11.7 Å². The summed E-state index contributed by atoms with van der Waals surface area (Å²) in [4.78, 5) is 15.7. The van der Waals surface area contributed by atoms with Crippen molar-refractivity contribution in [2.75, 3.05) is 5.32 Å². The van der Waals surface area contributed by atoms with Gasteiger partial charge < -0.3 is 11.1 Å². The summed E-state index contributed by atoms with van der Waals surface area (Å²) in [7, 11) is 0. The van der Waals surface area contributed by atoms with Crippen LogP contribution < -0.4 is 11.1 Å². The van der Waals surface area contributed by atoms with Gasteiger partial charge in [-0.2, -0.15) is 0 Å². The van der Waals surface area contributed by atoms with Gasteiger partial charge >= 0.3 is 0 Å². The second-order valence-corrected chi connectivity index (χ2v) is 5.52. The lowest BCUT2D eigenvalue weighted by Crippen LogP contribution is -2.28. The molecule has 0 aromatic carbocycles. The molecule has 1 atom stereocenters. The second kappa shape index (κ2) is 5.33. The van der Waals surface area contributed by atoms with Gasteiger partial charge in [-0.3, -0.25) is 4.79 Å². The largest absolute Gasteiger partial charge is 0.327 e. The SMILES string of the molecule is NC(CC(=O)Nc1cc(Br)cnc1Cl)C1CC1. The summed E-state index contributed by atoms with van der Waals surface area (Å²) in [6, 6.07) is 1.67. The van der Waals surface area contributed by atoms with Crippen LogP contribution in [0.5, 0.6) is 0 Å². The van der Waals surface area contributed by atoms with E-state index >= 15 is 0 Å². The Labute approximate surface area is 113 Å². The molecule has 3 N–H and O–H groups in total. The van der Waals surface area contributed by atoms with E-state index in [-0.39, 0.29) is 17.1 Å². The Balaban J connectivity index is 1.94. The molecule has 1 aliphatic rings. The Morgan fingerprint density at radius 1 is 1.71 bits per heavy atom. The average Bonchev–Trinajstić information content (AvgIpc) is 3.06. The molecule has 6 heteroatoms. The van der Waals surface area contributed by atoms with Crippen LogP contribution in [-0.2, 0) is 4.79 Å². The molecule has 0 spiro atoms. The maximum Gasteiger partial charge on any atom is 0.226 e. The molecule has 1 aromatic heterocycles. The molecular formula is C11H13BrClN3O. The van der Waals surface area contributed by atoms with Crippen LogP contribution in [0.25, 0.3) is 0 Å². The summed E-state index contributed by atoms with van der Waals surface area (Å²) in [5.41, 5.74) is 6.39. The first-order valence-electron chi connectivity index (χ1n) is 5.42. The lowest BCUT2D eigenvalue weighted by Gasteiger charge is -2.11. The van der Waals surface area contributed by atoms with Crippen LogP contribution >= 0.6 is 27.5 Å². The molecule has 92 valence electrons. The quantitative estimate of drug-likeness (QED) is 0.838. The standard InChI is InChI=1S/C11H13BrClN3O/c12-7-3-9(11(13)15-5-7)16-10(17)4-8(14)6-1-2-6/h3,5-6,8H,1-2,4,14H2,(H,16,17). The molecule has 1 saturated carbocycles. The van der Waals surface area contributed by atoms with Crippen molar-refractivity contribution in [3.8, 4) is 0 Å². The van der Waals surface area contributed by atoms with Gasteiger partial charge in [-0.1, -0.05) is 11.6 Å². The van der Waals surface area contributed by atoms with Crippen molar-refractivity contribution in [3.63, 3.8) is 0 Å². The number of nitrogens with two attached hydrogens (primary N) is 1. The second-order valence-electron chi connectivity index (χ2n) is 4.25. The number of rotatable bonds is 4. The third-order valence-corrected chi connectivity index (χ3v) is 3.46. The zero-order chi connectivity index (χ0) is 12.4. The highest BCUT2D eigenvalue weighted by Gasteiger charge is 2.29. The smallest absolute Gasteiger partial charge is 0.226 e. The Morgan fingerprint density at radius 3 is 3.06 bits per heavy atom. The van der Waals surface area contributed by atoms with E-state index in [0.29, 0.717) is 18.0 Å². The van der Waals surface area contributed by atoms with Crippen LogP contribution in [0.4, 0.5) is 5.69 Å². The van der Waals surface area contributed by atoms with E-state index in [1.807, 2.05) is 0 Å². The van der Waals surface area contributed by atoms with Gasteiger partial charge in [0.2, 0.25) is 5.91 Å². The molecule has 1 heterocycles. The molecule has 1 aliphatic carbocycles. The molecular weight excluding hydrogens is 305 g/mol. The normalized spacial score (nSPS) is 16.6. The van der Waals surface area contributed by atoms with Crippen LogP contribution in [0.15, 0.2) is 16.7 Å². The molecule has 1 unspecified atom stereocenters. The van der Waals surface area contributed by atoms with Gasteiger partial charge in [-0.05, 0) is 40.8 Å². The molecule has 0 aliphatic heterocycles. The molecule has 2 rings (SSSR count). The molecule has 0 saturated heterocycles. The van der Waals surface area contributed by atoms with E-state index in [2.05, 4.69) is 26.2 Å². The predicted octanol–water partition coefficient (Wildman–Crippen LogP) is 2.56. The Hall–Kier alpha value is -0.650. The van der Waals surface area contributed by atoms with Gasteiger partial charge in [0.25, 0.3) is 0 Å². The van der Waals surface area contributed by atoms with E-state index < -0.39 is 0 Å². The first-order valence-corrected chi connectivity index (χ1v) is 6.60. The Morgan fingerprint density at radius 2 is 2.41 bits per heavy atom. The number of nitrogens with zero attached hydrogens (tertiary/aromatic N) is 1. The topological polar surface area (TPSA) is 68.0 Å². The third kappa shape index (κ3) is 3.66. The minimum Gasteiger partial charge on any atom is -0.327 e. The van der Waals surface area contributed by atoms with Crippen molar-refractivity contribution in [1.82, 2.24) is 4.98 Å². The highest BCUT2D eigenvalue weighted by Crippen LogP contribution is 2.33. The van der Waals surface area contributed by atoms with Gasteiger partial charge in [0.1, 0.15) is 0 Å². The molecule has 0 bridgehead atoms. The number of nitrogens with one attached hydrogen (secondary N) is 1. The van der Waals surface area contributed by atoms with Crippen LogP contribution in [0, 0.1) is 5.92 Å². The van der Waals surface area contributed by atoms with Gasteiger partial charge in [0.05, 0.1) is 5.69 Å². The molecule has 4 nitrogen and oxygen atoms in total. The molecule has 17 heavy (non-hydrogen) atoms. The summed E-state index contributed by atoms with van der Waals surface area (Å²) in [5, 5.41) is 3.00. The fourth-order valence-electron chi connectivity index (χ4n) is 1.62. The fourth-order valence-corrected chi connectivity index (χ4v) is 2.10. The number of hydrogen-bond donors (Lipinski definition) is 2. The van der Waals surface area contributed by atoms with Gasteiger partial charge in [-0.25, -0.2) is 4.98 Å². The summed E-state index contributed by atoms with van der Waals surface area (Å²) in [6.07, 6.45) is 4.17. The number of aromatic nitrogens is 1. The first kappa shape index (κ1) is 12.8. The van der Waals surface area contributed by atoms with Crippen LogP contribution in [-0.4, -0.2) is 16.9 Å². The molecule has 1 aromatic rings. The van der Waals surface area contributed by atoms with Crippen LogP contribution in [0.2, 0.25) is 5.15 Å². The third-order valence-electron chi connectivity index (χ3n) is 2.73. The number of carbonyl (C=O) groups is 1. The average molecular weight is 319 g/mol. The number of amides is 1. The van der Waals surface area contributed by atoms with Crippen molar-refractivity contribution in [2.45, 2.75) is 25.3 Å². The first-order chi connectivity index (χ1) is 8.06. The number of halogens is 2. The summed E-state index contributed by atoms with van der Waals surface area (Å²) in [6.45, 7) is 0. The van der Waals surface area contributed by atoms with Crippen molar-refractivity contribution in [3.05, 3.63) is 21.9 Å². The van der Waals surface area contributed by atoms with E-state index in [1.54, 1.807) is 12.3 Å². The van der Waals surface area contributed by atoms with E-state index in [0.717, 1.165) is 17.3 Å². The number of hydrogen-bond acceptors (Lipinski definition) is 3. The number of pyridine rings is 1. The van der Waals surface area contributed by atoms with E-state index in [1.165, 1.54) is 0 Å². The summed E-state index contributed by atoms with van der Waals surface area (Å²) >= 11 is 9.15. The van der Waals surface area contributed by atoms with Crippen LogP contribution in [0.1, 0.15) is 19.3 Å². The summed E-state index contributed by atoms with van der Waals surface area (Å²) < 4.78 is 0.767. The zero-order valence-corrected chi connectivity index (χ0v) is 11.5.